The predicted octanol–water partition coefficient (Wildman–Crippen LogP) is 2.39. The summed E-state index contributed by atoms with van der Waals surface area (Å²) in [4.78, 5) is 29.4. The molecular weight excluding hydrogens is 394 g/mol. The molecule has 1 saturated carbocycles. The van der Waals surface area contributed by atoms with E-state index in [4.69, 9.17) is 0 Å². The van der Waals surface area contributed by atoms with Crippen LogP contribution in [0.2, 0.25) is 0 Å². The van der Waals surface area contributed by atoms with E-state index in [-0.39, 0.29) is 18.0 Å². The number of hydrogen-bond donors (Lipinski definition) is 1. The highest BCUT2D eigenvalue weighted by Crippen LogP contribution is 2.35. The largest absolute Gasteiger partial charge is 0.335 e. The van der Waals surface area contributed by atoms with E-state index in [9.17, 15) is 9.59 Å². The van der Waals surface area contributed by atoms with Gasteiger partial charge in [0.25, 0.3) is 5.91 Å². The van der Waals surface area contributed by atoms with Gasteiger partial charge in [-0.05, 0) is 47.0 Å². The van der Waals surface area contributed by atoms with E-state index in [0.29, 0.717) is 43.6 Å². The van der Waals surface area contributed by atoms with Crippen LogP contribution in [0.15, 0.2) is 42.5 Å². The second kappa shape index (κ2) is 7.98. The van der Waals surface area contributed by atoms with Gasteiger partial charge in [0.1, 0.15) is 0 Å². The lowest BCUT2D eigenvalue weighted by Crippen LogP contribution is -2.53. The third-order valence-corrected chi connectivity index (χ3v) is 6.01. The highest BCUT2D eigenvalue weighted by Gasteiger charge is 2.31. The molecule has 2 fully saturated rings. The van der Waals surface area contributed by atoms with Crippen molar-refractivity contribution in [2.45, 2.75) is 31.8 Å². The molecule has 1 N–H and O–H groups in total. The summed E-state index contributed by atoms with van der Waals surface area (Å²) < 4.78 is 1.81. The quantitative estimate of drug-likeness (QED) is 0.700. The van der Waals surface area contributed by atoms with Gasteiger partial charge >= 0.3 is 6.03 Å². The Morgan fingerprint density at radius 1 is 1.00 bits per heavy atom. The molecule has 3 amide bonds. The minimum atomic E-state index is -0.279. The summed E-state index contributed by atoms with van der Waals surface area (Å²) in [6, 6.07) is 13.6. The Kier molecular flexibility index (Phi) is 5.01. The Morgan fingerprint density at radius 3 is 2.48 bits per heavy atom. The van der Waals surface area contributed by atoms with Gasteiger partial charge in [-0.3, -0.25) is 4.79 Å². The van der Waals surface area contributed by atoms with Gasteiger partial charge in [0, 0.05) is 31.7 Å². The van der Waals surface area contributed by atoms with Crippen LogP contribution in [0, 0.1) is 0 Å². The third-order valence-electron chi connectivity index (χ3n) is 6.01. The lowest BCUT2D eigenvalue weighted by atomic mass is 10.0. The molecule has 2 aromatic carbocycles. The van der Waals surface area contributed by atoms with E-state index in [0.717, 1.165) is 23.6 Å². The Labute approximate surface area is 180 Å². The first kappa shape index (κ1) is 19.5. The van der Waals surface area contributed by atoms with Gasteiger partial charge < -0.3 is 15.1 Å². The van der Waals surface area contributed by atoms with E-state index in [1.54, 1.807) is 4.90 Å². The minimum absolute atomic E-state index is 0.00818. The van der Waals surface area contributed by atoms with E-state index in [1.165, 1.54) is 0 Å². The van der Waals surface area contributed by atoms with Crippen LogP contribution in [0.5, 0.6) is 0 Å². The SMILES string of the molecule is CC(NC(=O)N1CCN(C(=O)c2cccc3ccccc23)CC1)c1nnnn1C1CC1. The molecule has 2 aliphatic rings. The number of amides is 3. The van der Waals surface area contributed by atoms with Gasteiger partial charge in [-0.25, -0.2) is 9.48 Å². The predicted molar refractivity (Wildman–Crippen MR) is 114 cm³/mol. The molecule has 0 radical (unpaired) electrons. The summed E-state index contributed by atoms with van der Waals surface area (Å²) >= 11 is 0. The zero-order chi connectivity index (χ0) is 21.4. The molecule has 1 aromatic heterocycles. The van der Waals surface area contributed by atoms with Crippen LogP contribution in [0.4, 0.5) is 4.79 Å². The van der Waals surface area contributed by atoms with Crippen molar-refractivity contribution in [2.75, 3.05) is 26.2 Å². The van der Waals surface area contributed by atoms with Gasteiger partial charge in [0.15, 0.2) is 5.82 Å². The first-order valence-electron chi connectivity index (χ1n) is 10.7. The highest BCUT2D eigenvalue weighted by molar-refractivity contribution is 6.07. The highest BCUT2D eigenvalue weighted by atomic mass is 16.2. The first-order valence-corrected chi connectivity index (χ1v) is 10.7. The third kappa shape index (κ3) is 3.83. The van der Waals surface area contributed by atoms with E-state index < -0.39 is 0 Å². The van der Waals surface area contributed by atoms with Crippen molar-refractivity contribution in [3.05, 3.63) is 53.9 Å². The van der Waals surface area contributed by atoms with Crippen LogP contribution in [0.1, 0.15) is 48.0 Å². The molecule has 1 aliphatic carbocycles. The number of piperazine rings is 1. The summed E-state index contributed by atoms with van der Waals surface area (Å²) in [7, 11) is 0. The van der Waals surface area contributed by atoms with Crippen LogP contribution in [0.25, 0.3) is 10.8 Å². The molecule has 1 saturated heterocycles. The van der Waals surface area contributed by atoms with Crippen molar-refractivity contribution >= 4 is 22.7 Å². The zero-order valence-corrected chi connectivity index (χ0v) is 17.4. The van der Waals surface area contributed by atoms with Crippen LogP contribution >= 0.6 is 0 Å². The Balaban J connectivity index is 1.20. The number of urea groups is 1. The van der Waals surface area contributed by atoms with Gasteiger partial charge in [-0.2, -0.15) is 0 Å². The maximum Gasteiger partial charge on any atom is 0.318 e. The monoisotopic (exact) mass is 419 g/mol. The number of nitrogens with zero attached hydrogens (tertiary/aromatic N) is 6. The molecule has 9 heteroatoms. The number of carbonyl (C=O) groups is 2. The number of benzene rings is 2. The van der Waals surface area contributed by atoms with Crippen molar-refractivity contribution in [3.63, 3.8) is 0 Å². The summed E-state index contributed by atoms with van der Waals surface area (Å²) in [6.45, 7) is 3.88. The molecule has 160 valence electrons. The Bertz CT molecular complexity index is 1110. The summed E-state index contributed by atoms with van der Waals surface area (Å²) in [5, 5.41) is 16.9. The number of carbonyl (C=O) groups excluding carboxylic acids is 2. The summed E-state index contributed by atoms with van der Waals surface area (Å²) in [5.74, 6) is 0.689. The second-order valence-electron chi connectivity index (χ2n) is 8.19. The smallest absolute Gasteiger partial charge is 0.318 e. The fourth-order valence-corrected chi connectivity index (χ4v) is 4.10. The van der Waals surface area contributed by atoms with Gasteiger partial charge in [0.2, 0.25) is 0 Å². The second-order valence-corrected chi connectivity index (χ2v) is 8.19. The first-order chi connectivity index (χ1) is 15.1. The minimum Gasteiger partial charge on any atom is -0.335 e. The number of tetrazole rings is 1. The fraction of sp³-hybridized carbons (Fsp3) is 0.409. The molecule has 0 bridgehead atoms. The molecule has 0 spiro atoms. The molecule has 1 unspecified atom stereocenters. The molecule has 1 atom stereocenters. The molecular formula is C22H25N7O2. The number of hydrogen-bond acceptors (Lipinski definition) is 5. The molecule has 5 rings (SSSR count). The van der Waals surface area contributed by atoms with Crippen LogP contribution in [-0.4, -0.2) is 68.1 Å². The standard InChI is InChI=1S/C22H25N7O2/c1-15(20-24-25-26-29(20)17-9-10-17)23-22(31)28-13-11-27(12-14-28)21(30)19-8-4-6-16-5-2-3-7-18(16)19/h2-8,15,17H,9-14H2,1H3,(H,23,31). The summed E-state index contributed by atoms with van der Waals surface area (Å²) in [6.07, 6.45) is 2.15. The van der Waals surface area contributed by atoms with Gasteiger partial charge in [-0.15, -0.1) is 5.10 Å². The molecule has 1 aliphatic heterocycles. The van der Waals surface area contributed by atoms with Crippen molar-refractivity contribution in [2.24, 2.45) is 0 Å². The number of aromatic nitrogens is 4. The zero-order valence-electron chi connectivity index (χ0n) is 17.4. The number of rotatable bonds is 4. The maximum absolute atomic E-state index is 13.1. The number of fused-ring (bicyclic) bond motifs is 1. The van der Waals surface area contributed by atoms with E-state index >= 15 is 0 Å². The van der Waals surface area contributed by atoms with E-state index in [1.807, 2.05) is 59.0 Å². The van der Waals surface area contributed by atoms with Crippen LogP contribution < -0.4 is 5.32 Å². The molecule has 3 aromatic rings. The van der Waals surface area contributed by atoms with Gasteiger partial charge in [0.05, 0.1) is 12.1 Å². The topological polar surface area (TPSA) is 96.2 Å². The number of nitrogens with one attached hydrogen (secondary N) is 1. The van der Waals surface area contributed by atoms with Crippen LogP contribution in [0.3, 0.4) is 0 Å². The van der Waals surface area contributed by atoms with Crippen molar-refractivity contribution < 1.29 is 9.59 Å². The average molecular weight is 419 g/mol. The lowest BCUT2D eigenvalue weighted by molar-refractivity contribution is 0.0665. The normalized spacial score (nSPS) is 17.6. The van der Waals surface area contributed by atoms with Crippen LogP contribution in [-0.2, 0) is 0 Å². The average Bonchev–Trinajstić information content (AvgIpc) is 3.54. The molecule has 2 heterocycles. The Morgan fingerprint density at radius 2 is 1.71 bits per heavy atom. The van der Waals surface area contributed by atoms with Crippen molar-refractivity contribution in [3.8, 4) is 0 Å². The Hall–Kier alpha value is -3.49. The summed E-state index contributed by atoms with van der Waals surface area (Å²) in [5.41, 5.74) is 0.705. The van der Waals surface area contributed by atoms with E-state index in [2.05, 4.69) is 20.8 Å². The van der Waals surface area contributed by atoms with Crippen molar-refractivity contribution in [1.82, 2.24) is 35.3 Å². The fourth-order valence-electron chi connectivity index (χ4n) is 4.10. The lowest BCUT2D eigenvalue weighted by Gasteiger charge is -2.35. The maximum atomic E-state index is 13.1. The molecule has 31 heavy (non-hydrogen) atoms. The van der Waals surface area contributed by atoms with Gasteiger partial charge in [-0.1, -0.05) is 36.4 Å². The van der Waals surface area contributed by atoms with Crippen molar-refractivity contribution in [1.29, 1.82) is 0 Å². The molecule has 9 nitrogen and oxygen atoms in total.